The van der Waals surface area contributed by atoms with Gasteiger partial charge in [0.05, 0.1) is 24.1 Å². The molecule has 1 saturated heterocycles. The highest BCUT2D eigenvalue weighted by atomic mass is 32.2. The number of nitrogens with zero attached hydrogens (tertiary/aromatic N) is 2. The summed E-state index contributed by atoms with van der Waals surface area (Å²) in [6, 6.07) is 10.3. The summed E-state index contributed by atoms with van der Waals surface area (Å²) in [6.45, 7) is 0.806. The summed E-state index contributed by atoms with van der Waals surface area (Å²) < 4.78 is 32.2. The Morgan fingerprint density at radius 1 is 1.13 bits per heavy atom. The van der Waals surface area contributed by atoms with Crippen LogP contribution in [0.15, 0.2) is 47.1 Å². The lowest BCUT2D eigenvalue weighted by atomic mass is 9.97. The molecule has 1 fully saturated rings. The molecule has 9 nitrogen and oxygen atoms in total. The van der Waals surface area contributed by atoms with Crippen LogP contribution in [0.3, 0.4) is 0 Å². The molecule has 2 heterocycles. The predicted molar refractivity (Wildman–Crippen MR) is 112 cm³/mol. The Morgan fingerprint density at radius 2 is 1.83 bits per heavy atom. The molecule has 0 unspecified atom stereocenters. The Kier molecular flexibility index (Phi) is 6.91. The van der Waals surface area contributed by atoms with E-state index in [0.29, 0.717) is 29.9 Å². The molecule has 2 amide bonds. The quantitative estimate of drug-likeness (QED) is 0.688. The SMILES string of the molecule is CN(C)S(=O)(=O)N1CCC(C(=O)Nc2ccccc2C(=O)NCc2ccco2)CC1. The summed E-state index contributed by atoms with van der Waals surface area (Å²) in [5.74, 6) is -0.237. The largest absolute Gasteiger partial charge is 0.467 e. The van der Waals surface area contributed by atoms with Gasteiger partial charge in [0.1, 0.15) is 5.76 Å². The van der Waals surface area contributed by atoms with Crippen molar-refractivity contribution in [3.05, 3.63) is 54.0 Å². The molecule has 10 heteroatoms. The minimum Gasteiger partial charge on any atom is -0.467 e. The molecule has 0 bridgehead atoms. The molecular weight excluding hydrogens is 408 g/mol. The molecule has 0 radical (unpaired) electrons. The van der Waals surface area contributed by atoms with Gasteiger partial charge < -0.3 is 15.1 Å². The van der Waals surface area contributed by atoms with Gasteiger partial charge in [0, 0.05) is 33.1 Å². The Morgan fingerprint density at radius 3 is 2.47 bits per heavy atom. The highest BCUT2D eigenvalue weighted by Gasteiger charge is 2.32. The van der Waals surface area contributed by atoms with Crippen LogP contribution in [0.5, 0.6) is 0 Å². The average Bonchev–Trinajstić information content (AvgIpc) is 3.26. The Bertz CT molecular complexity index is 980. The van der Waals surface area contributed by atoms with Gasteiger partial charge in [0.2, 0.25) is 5.91 Å². The van der Waals surface area contributed by atoms with Crippen LogP contribution in [0, 0.1) is 5.92 Å². The molecule has 30 heavy (non-hydrogen) atoms. The van der Waals surface area contributed by atoms with Crippen molar-refractivity contribution in [3.8, 4) is 0 Å². The van der Waals surface area contributed by atoms with Gasteiger partial charge in [0.25, 0.3) is 16.1 Å². The van der Waals surface area contributed by atoms with E-state index in [9.17, 15) is 18.0 Å². The topological polar surface area (TPSA) is 112 Å². The van der Waals surface area contributed by atoms with Crippen molar-refractivity contribution in [3.63, 3.8) is 0 Å². The molecule has 1 aromatic carbocycles. The van der Waals surface area contributed by atoms with Crippen LogP contribution in [-0.4, -0.2) is 56.0 Å². The molecule has 1 aliphatic rings. The van der Waals surface area contributed by atoms with Gasteiger partial charge in [-0.05, 0) is 37.1 Å². The first kappa shape index (κ1) is 22.0. The fourth-order valence-corrected chi connectivity index (χ4v) is 4.41. The molecule has 2 N–H and O–H groups in total. The van der Waals surface area contributed by atoms with Gasteiger partial charge in [-0.15, -0.1) is 0 Å². The van der Waals surface area contributed by atoms with E-state index in [1.165, 1.54) is 29.0 Å². The number of piperidine rings is 1. The van der Waals surface area contributed by atoms with Crippen molar-refractivity contribution in [2.24, 2.45) is 5.92 Å². The second-order valence-corrected chi connectivity index (χ2v) is 9.40. The normalized spacial score (nSPS) is 15.8. The third-order valence-electron chi connectivity index (χ3n) is 5.05. The van der Waals surface area contributed by atoms with Crippen molar-refractivity contribution >= 4 is 27.7 Å². The van der Waals surface area contributed by atoms with E-state index in [1.54, 1.807) is 36.4 Å². The molecule has 3 rings (SSSR count). The van der Waals surface area contributed by atoms with Gasteiger partial charge in [-0.3, -0.25) is 9.59 Å². The van der Waals surface area contributed by atoms with Crippen molar-refractivity contribution in [1.29, 1.82) is 0 Å². The zero-order valence-electron chi connectivity index (χ0n) is 17.0. The summed E-state index contributed by atoms with van der Waals surface area (Å²) in [7, 11) is -0.500. The van der Waals surface area contributed by atoms with Crippen molar-refractivity contribution in [1.82, 2.24) is 13.9 Å². The molecule has 0 atom stereocenters. The summed E-state index contributed by atoms with van der Waals surface area (Å²) in [5, 5.41) is 5.59. The number of anilines is 1. The van der Waals surface area contributed by atoms with E-state index in [4.69, 9.17) is 4.42 Å². The summed E-state index contributed by atoms with van der Waals surface area (Å²) in [5.41, 5.74) is 0.771. The van der Waals surface area contributed by atoms with Crippen LogP contribution < -0.4 is 10.6 Å². The molecule has 2 aromatic rings. The van der Waals surface area contributed by atoms with Crippen LogP contribution in [0.1, 0.15) is 29.0 Å². The Balaban J connectivity index is 1.60. The summed E-state index contributed by atoms with van der Waals surface area (Å²) in [6.07, 6.45) is 2.38. The number of hydrogen-bond donors (Lipinski definition) is 2. The lowest BCUT2D eigenvalue weighted by Crippen LogP contribution is -2.46. The van der Waals surface area contributed by atoms with Crippen molar-refractivity contribution in [2.75, 3.05) is 32.5 Å². The Hall–Kier alpha value is -2.69. The van der Waals surface area contributed by atoms with E-state index in [0.717, 1.165) is 0 Å². The zero-order valence-corrected chi connectivity index (χ0v) is 17.8. The number of furan rings is 1. The maximum absolute atomic E-state index is 12.7. The van der Waals surface area contributed by atoms with E-state index < -0.39 is 10.2 Å². The maximum atomic E-state index is 12.7. The fourth-order valence-electron chi connectivity index (χ4n) is 3.28. The monoisotopic (exact) mass is 434 g/mol. The van der Waals surface area contributed by atoms with E-state index in [2.05, 4.69) is 10.6 Å². The molecule has 1 aromatic heterocycles. The van der Waals surface area contributed by atoms with Crippen LogP contribution in [0.2, 0.25) is 0 Å². The van der Waals surface area contributed by atoms with Crippen LogP contribution in [0.25, 0.3) is 0 Å². The molecule has 0 spiro atoms. The number of carbonyl (C=O) groups is 2. The van der Waals surface area contributed by atoms with E-state index in [1.807, 2.05) is 0 Å². The number of rotatable bonds is 7. The number of hydrogen-bond acceptors (Lipinski definition) is 5. The van der Waals surface area contributed by atoms with Crippen LogP contribution in [-0.2, 0) is 21.5 Å². The average molecular weight is 435 g/mol. The molecule has 0 saturated carbocycles. The summed E-state index contributed by atoms with van der Waals surface area (Å²) in [4.78, 5) is 25.3. The number of benzene rings is 1. The third-order valence-corrected chi connectivity index (χ3v) is 6.99. The van der Waals surface area contributed by atoms with Gasteiger partial charge >= 0.3 is 0 Å². The number of amides is 2. The minimum absolute atomic E-state index is 0.219. The highest BCUT2D eigenvalue weighted by molar-refractivity contribution is 7.86. The lowest BCUT2D eigenvalue weighted by Gasteiger charge is -2.32. The summed E-state index contributed by atoms with van der Waals surface area (Å²) >= 11 is 0. The highest BCUT2D eigenvalue weighted by Crippen LogP contribution is 2.23. The second kappa shape index (κ2) is 9.41. The van der Waals surface area contributed by atoms with Gasteiger partial charge in [-0.25, -0.2) is 0 Å². The first-order valence-electron chi connectivity index (χ1n) is 9.67. The van der Waals surface area contributed by atoms with Crippen LogP contribution >= 0.6 is 0 Å². The van der Waals surface area contributed by atoms with E-state index in [-0.39, 0.29) is 37.4 Å². The van der Waals surface area contributed by atoms with Crippen LogP contribution in [0.4, 0.5) is 5.69 Å². The molecule has 162 valence electrons. The van der Waals surface area contributed by atoms with E-state index >= 15 is 0 Å². The number of carbonyl (C=O) groups excluding carboxylic acids is 2. The molecule has 0 aliphatic carbocycles. The molecule has 1 aliphatic heterocycles. The predicted octanol–water partition coefficient (Wildman–Crippen LogP) is 1.67. The zero-order chi connectivity index (χ0) is 21.7. The maximum Gasteiger partial charge on any atom is 0.281 e. The first-order valence-corrected chi connectivity index (χ1v) is 11.1. The van der Waals surface area contributed by atoms with Crippen molar-refractivity contribution in [2.45, 2.75) is 19.4 Å². The third kappa shape index (κ3) is 5.07. The number of para-hydroxylation sites is 1. The lowest BCUT2D eigenvalue weighted by molar-refractivity contribution is -0.120. The smallest absolute Gasteiger partial charge is 0.281 e. The molecular formula is C20H26N4O5S. The second-order valence-electron chi connectivity index (χ2n) is 7.26. The van der Waals surface area contributed by atoms with Gasteiger partial charge in [-0.1, -0.05) is 12.1 Å². The fraction of sp³-hybridized carbons (Fsp3) is 0.400. The first-order chi connectivity index (χ1) is 14.3. The van der Waals surface area contributed by atoms with Gasteiger partial charge in [0.15, 0.2) is 0 Å². The minimum atomic E-state index is -3.48. The number of nitrogens with one attached hydrogen (secondary N) is 2. The van der Waals surface area contributed by atoms with Crippen molar-refractivity contribution < 1.29 is 22.4 Å². The Labute approximate surface area is 176 Å². The van der Waals surface area contributed by atoms with Gasteiger partial charge in [-0.2, -0.15) is 17.0 Å². The standard InChI is InChI=1S/C20H26N4O5S/c1-23(2)30(27,28)24-11-9-15(10-12-24)19(25)22-18-8-4-3-7-17(18)20(26)21-14-16-6-5-13-29-16/h3-8,13,15H,9-12,14H2,1-2H3,(H,21,26)(H,22,25).